The number of nitro groups is 1. The van der Waals surface area contributed by atoms with Crippen LogP contribution in [-0.4, -0.2) is 66.3 Å². The van der Waals surface area contributed by atoms with Crippen molar-refractivity contribution in [1.82, 2.24) is 15.5 Å². The summed E-state index contributed by atoms with van der Waals surface area (Å²) in [6, 6.07) is 30.9. The number of carbonyl (C=O) groups excluding carboxylic acids is 1. The van der Waals surface area contributed by atoms with E-state index in [1.165, 1.54) is 0 Å². The van der Waals surface area contributed by atoms with Crippen molar-refractivity contribution in [2.45, 2.75) is 45.0 Å². The molecule has 6 rings (SSSR count). The number of aliphatic hydroxyl groups is 1. The second kappa shape index (κ2) is 16.1. The lowest BCUT2D eigenvalue weighted by Crippen LogP contribution is -2.49. The van der Waals surface area contributed by atoms with Gasteiger partial charge in [0.25, 0.3) is 5.69 Å². The molecule has 2 aliphatic rings. The molecule has 3 N–H and O–H groups in total. The van der Waals surface area contributed by atoms with Crippen molar-refractivity contribution < 1.29 is 24.3 Å². The van der Waals surface area contributed by atoms with Gasteiger partial charge in [0.05, 0.1) is 23.7 Å². The fraction of sp³-hybridized carbons (Fsp3) is 0.342. The van der Waals surface area contributed by atoms with Crippen molar-refractivity contribution >= 4 is 17.4 Å². The van der Waals surface area contributed by atoms with Gasteiger partial charge in [0.1, 0.15) is 0 Å². The molecule has 2 fully saturated rings. The van der Waals surface area contributed by atoms with Crippen LogP contribution in [0.15, 0.2) is 97.1 Å². The maximum absolute atomic E-state index is 11.9. The largest absolute Gasteiger partial charge is 0.392 e. The number of nitrogens with zero attached hydrogens (tertiary/aromatic N) is 3. The van der Waals surface area contributed by atoms with E-state index in [0.29, 0.717) is 19.5 Å². The average Bonchev–Trinajstić information content (AvgIpc) is 3.14. The molecule has 4 aromatic carbocycles. The molecular formula is C38H43N5O6. The third-order valence-corrected chi connectivity index (χ3v) is 9.11. The van der Waals surface area contributed by atoms with Gasteiger partial charge in [-0.25, -0.2) is 4.79 Å². The topological polar surface area (TPSA) is 129 Å². The molecule has 4 aromatic rings. The first-order chi connectivity index (χ1) is 23.9. The first-order valence-corrected chi connectivity index (χ1v) is 16.8. The zero-order chi connectivity index (χ0) is 34.2. The van der Waals surface area contributed by atoms with Crippen molar-refractivity contribution in [2.75, 3.05) is 44.2 Å². The molecule has 0 aliphatic carbocycles. The van der Waals surface area contributed by atoms with Crippen LogP contribution in [0.1, 0.15) is 48.0 Å². The molecule has 256 valence electrons. The van der Waals surface area contributed by atoms with E-state index in [-0.39, 0.29) is 35.5 Å². The third-order valence-electron chi connectivity index (χ3n) is 9.11. The summed E-state index contributed by atoms with van der Waals surface area (Å²) in [4.78, 5) is 27.2. The van der Waals surface area contributed by atoms with E-state index in [1.807, 2.05) is 55.5 Å². The monoisotopic (exact) mass is 665 g/mol. The van der Waals surface area contributed by atoms with Crippen molar-refractivity contribution in [3.05, 3.63) is 129 Å². The molecule has 2 aliphatic heterocycles. The average molecular weight is 666 g/mol. The smallest absolute Gasteiger partial charge is 0.315 e. The van der Waals surface area contributed by atoms with Crippen molar-refractivity contribution in [3.8, 4) is 11.1 Å². The lowest BCUT2D eigenvalue weighted by atomic mass is 9.98. The lowest BCUT2D eigenvalue weighted by Gasteiger charge is -2.41. The SMILES string of the molecule is CCNC(=O)NCc1cccc(-c2ccc(C3OC(CN4CCN(c5ccc([N+](=O)[O-])cc5)CC4)CC(c4ccc(CO)cc4)O3)cc2)c1. The number of nitrogens with one attached hydrogen (secondary N) is 2. The predicted molar refractivity (Wildman–Crippen MR) is 188 cm³/mol. The number of benzene rings is 4. The van der Waals surface area contributed by atoms with Crippen molar-refractivity contribution in [2.24, 2.45) is 0 Å². The number of urea groups is 1. The summed E-state index contributed by atoms with van der Waals surface area (Å²) in [5.41, 5.74) is 7.05. The maximum Gasteiger partial charge on any atom is 0.315 e. The Hall–Kier alpha value is -4.81. The van der Waals surface area contributed by atoms with Crippen LogP contribution in [0.25, 0.3) is 11.1 Å². The van der Waals surface area contributed by atoms with E-state index >= 15 is 0 Å². The van der Waals surface area contributed by atoms with Gasteiger partial charge in [-0.3, -0.25) is 15.0 Å². The van der Waals surface area contributed by atoms with Crippen LogP contribution in [0.3, 0.4) is 0 Å². The van der Waals surface area contributed by atoms with Gasteiger partial charge >= 0.3 is 6.03 Å². The standard InChI is InChI=1S/C38H43N5O6/c1-2-39-38(45)40-24-28-4-3-5-32(22-28)29-10-12-31(13-11-29)37-48-35(23-36(49-37)30-8-6-27(26-44)7-9-30)25-41-18-20-42(21-19-41)33-14-16-34(17-15-33)43(46)47/h3-17,22,35-37,44H,2,18-21,23-26H2,1H3,(H2,39,40,45). The first-order valence-electron chi connectivity index (χ1n) is 16.8. The highest BCUT2D eigenvalue weighted by molar-refractivity contribution is 5.74. The van der Waals surface area contributed by atoms with Crippen LogP contribution in [0.4, 0.5) is 16.2 Å². The molecule has 0 saturated carbocycles. The van der Waals surface area contributed by atoms with Crippen LogP contribution in [-0.2, 0) is 22.6 Å². The Morgan fingerprint density at radius 3 is 2.24 bits per heavy atom. The normalized spacial score (nSPS) is 19.7. The fourth-order valence-electron chi connectivity index (χ4n) is 6.39. The molecule has 49 heavy (non-hydrogen) atoms. The van der Waals surface area contributed by atoms with Gasteiger partial charge in [-0.1, -0.05) is 66.7 Å². The molecular weight excluding hydrogens is 622 g/mol. The van der Waals surface area contributed by atoms with E-state index in [2.05, 4.69) is 56.8 Å². The Morgan fingerprint density at radius 2 is 1.57 bits per heavy atom. The third kappa shape index (κ3) is 8.81. The first kappa shape index (κ1) is 34.1. The number of aliphatic hydroxyl groups excluding tert-OH is 1. The second-order valence-corrected chi connectivity index (χ2v) is 12.4. The minimum absolute atomic E-state index is 0.00796. The highest BCUT2D eigenvalue weighted by Gasteiger charge is 2.34. The molecule has 3 atom stereocenters. The summed E-state index contributed by atoms with van der Waals surface area (Å²) in [6.45, 7) is 7.00. The summed E-state index contributed by atoms with van der Waals surface area (Å²) in [5.74, 6) is 0. The van der Waals surface area contributed by atoms with Crippen molar-refractivity contribution in [3.63, 3.8) is 0 Å². The van der Waals surface area contributed by atoms with E-state index < -0.39 is 6.29 Å². The molecule has 11 nitrogen and oxygen atoms in total. The number of anilines is 1. The van der Waals surface area contributed by atoms with Gasteiger partial charge in [-0.05, 0) is 52.9 Å². The Labute approximate surface area is 286 Å². The summed E-state index contributed by atoms with van der Waals surface area (Å²) in [7, 11) is 0. The molecule has 0 spiro atoms. The quantitative estimate of drug-likeness (QED) is 0.133. The highest BCUT2D eigenvalue weighted by Crippen LogP contribution is 2.39. The van der Waals surface area contributed by atoms with Gasteiger partial charge in [-0.2, -0.15) is 0 Å². The van der Waals surface area contributed by atoms with Crippen LogP contribution in [0, 0.1) is 10.1 Å². The number of non-ortho nitro benzene ring substituents is 1. The van der Waals surface area contributed by atoms with Gasteiger partial charge in [0, 0.05) is 75.6 Å². The summed E-state index contributed by atoms with van der Waals surface area (Å²) in [5, 5.41) is 26.2. The zero-order valence-electron chi connectivity index (χ0n) is 27.7. The minimum atomic E-state index is -0.552. The number of hydrogen-bond donors (Lipinski definition) is 3. The number of hydrogen-bond acceptors (Lipinski definition) is 8. The lowest BCUT2D eigenvalue weighted by molar-refractivity contribution is -0.384. The van der Waals surface area contributed by atoms with Crippen LogP contribution < -0.4 is 15.5 Å². The van der Waals surface area contributed by atoms with Gasteiger partial charge < -0.3 is 30.1 Å². The number of nitro benzene ring substituents is 1. The van der Waals surface area contributed by atoms with Crippen molar-refractivity contribution in [1.29, 1.82) is 0 Å². The minimum Gasteiger partial charge on any atom is -0.392 e. The van der Waals surface area contributed by atoms with Gasteiger partial charge in [0.2, 0.25) is 0 Å². The predicted octanol–water partition coefficient (Wildman–Crippen LogP) is 5.94. The highest BCUT2D eigenvalue weighted by atomic mass is 16.7. The Bertz CT molecular complexity index is 1690. The number of rotatable bonds is 11. The Morgan fingerprint density at radius 1 is 0.857 bits per heavy atom. The summed E-state index contributed by atoms with van der Waals surface area (Å²) >= 11 is 0. The fourth-order valence-corrected chi connectivity index (χ4v) is 6.39. The molecule has 0 aromatic heterocycles. The number of ether oxygens (including phenoxy) is 2. The molecule has 3 unspecified atom stereocenters. The molecule has 0 radical (unpaired) electrons. The van der Waals surface area contributed by atoms with E-state index in [0.717, 1.165) is 71.8 Å². The molecule has 2 saturated heterocycles. The zero-order valence-corrected chi connectivity index (χ0v) is 27.7. The Balaban J connectivity index is 1.13. The van der Waals surface area contributed by atoms with Crippen LogP contribution in [0.2, 0.25) is 0 Å². The van der Waals surface area contributed by atoms with E-state index in [4.69, 9.17) is 9.47 Å². The van der Waals surface area contributed by atoms with E-state index in [9.17, 15) is 20.0 Å². The molecule has 2 heterocycles. The van der Waals surface area contributed by atoms with Gasteiger partial charge in [-0.15, -0.1) is 0 Å². The summed E-state index contributed by atoms with van der Waals surface area (Å²) in [6.07, 6.45) is -0.0934. The van der Waals surface area contributed by atoms with Crippen LogP contribution >= 0.6 is 0 Å². The number of carbonyl (C=O) groups is 1. The van der Waals surface area contributed by atoms with E-state index in [1.54, 1.807) is 12.1 Å². The Kier molecular flexibility index (Phi) is 11.2. The summed E-state index contributed by atoms with van der Waals surface area (Å²) < 4.78 is 13.2. The molecule has 2 amide bonds. The second-order valence-electron chi connectivity index (χ2n) is 12.4. The molecule has 11 heteroatoms. The molecule has 0 bridgehead atoms. The number of piperazine rings is 1. The van der Waals surface area contributed by atoms with Gasteiger partial charge in [0.15, 0.2) is 6.29 Å². The van der Waals surface area contributed by atoms with Crippen LogP contribution in [0.5, 0.6) is 0 Å². The maximum atomic E-state index is 11.9. The number of amides is 2.